The topological polar surface area (TPSA) is 87.7 Å². The predicted molar refractivity (Wildman–Crippen MR) is 78.2 cm³/mol. The number of para-hydroxylation sites is 2. The number of aromatic carboxylic acids is 1. The number of carboxylic acid groups (broad SMARTS) is 1. The Bertz CT molecular complexity index is 670. The van der Waals surface area contributed by atoms with Gasteiger partial charge in [0.15, 0.2) is 11.5 Å². The van der Waals surface area contributed by atoms with Crippen LogP contribution in [0.25, 0.3) is 0 Å². The van der Waals surface area contributed by atoms with E-state index in [4.69, 9.17) is 14.6 Å². The number of aromatic amines is 1. The van der Waals surface area contributed by atoms with E-state index in [2.05, 4.69) is 10.2 Å². The maximum atomic E-state index is 11.1. The lowest BCUT2D eigenvalue weighted by Crippen LogP contribution is -2.39. The first-order chi connectivity index (χ1) is 10.6. The molecule has 0 unspecified atom stereocenters. The van der Waals surface area contributed by atoms with Crippen LogP contribution >= 0.6 is 0 Å². The number of nitrogens with zero attached hydrogens (tertiary/aromatic N) is 2. The summed E-state index contributed by atoms with van der Waals surface area (Å²) in [6.07, 6.45) is 1.44. The normalized spacial score (nSPS) is 16.7. The summed E-state index contributed by atoms with van der Waals surface area (Å²) in [7, 11) is 1.91. The fourth-order valence-corrected chi connectivity index (χ4v) is 2.47. The highest BCUT2D eigenvalue weighted by Gasteiger charge is 2.23. The van der Waals surface area contributed by atoms with E-state index < -0.39 is 5.97 Å². The molecule has 1 atom stereocenters. The van der Waals surface area contributed by atoms with Crippen molar-refractivity contribution in [3.05, 3.63) is 41.7 Å². The molecule has 1 aliphatic heterocycles. The molecule has 0 bridgehead atoms. The summed E-state index contributed by atoms with van der Waals surface area (Å²) >= 11 is 0. The van der Waals surface area contributed by atoms with E-state index in [0.717, 1.165) is 11.5 Å². The lowest BCUT2D eigenvalue weighted by molar-refractivity contribution is 0.0630. The van der Waals surface area contributed by atoms with Gasteiger partial charge in [-0.2, -0.15) is 5.10 Å². The van der Waals surface area contributed by atoms with Gasteiger partial charge in [-0.1, -0.05) is 12.1 Å². The van der Waals surface area contributed by atoms with E-state index in [1.807, 2.05) is 36.2 Å². The molecule has 1 aliphatic rings. The standard InChI is InChI=1S/C15H17N3O4/c1-18(7-10-6-16-17-14(10)15(19)20)8-11-9-21-12-4-2-3-5-13(12)22-11/h2-6,11H,7-9H2,1H3,(H,16,17)(H,19,20)/t11-/m1/s1. The number of rotatable bonds is 5. The van der Waals surface area contributed by atoms with Gasteiger partial charge in [0, 0.05) is 18.7 Å². The van der Waals surface area contributed by atoms with Crippen LogP contribution in [0, 0.1) is 0 Å². The maximum absolute atomic E-state index is 11.1. The minimum absolute atomic E-state index is 0.0971. The molecule has 22 heavy (non-hydrogen) atoms. The lowest BCUT2D eigenvalue weighted by Gasteiger charge is -2.29. The number of benzene rings is 1. The fourth-order valence-electron chi connectivity index (χ4n) is 2.47. The molecular weight excluding hydrogens is 286 g/mol. The Hall–Kier alpha value is -2.54. The summed E-state index contributed by atoms with van der Waals surface area (Å²) in [5.41, 5.74) is 0.769. The van der Waals surface area contributed by atoms with Gasteiger partial charge in [0.05, 0.1) is 6.20 Å². The number of nitrogens with one attached hydrogen (secondary N) is 1. The van der Waals surface area contributed by atoms with Crippen LogP contribution in [0.5, 0.6) is 11.5 Å². The molecule has 3 rings (SSSR count). The largest absolute Gasteiger partial charge is 0.486 e. The van der Waals surface area contributed by atoms with Crippen molar-refractivity contribution < 1.29 is 19.4 Å². The summed E-state index contributed by atoms with van der Waals surface area (Å²) < 4.78 is 11.6. The lowest BCUT2D eigenvalue weighted by atomic mass is 10.2. The molecule has 116 valence electrons. The minimum atomic E-state index is -1.01. The van der Waals surface area contributed by atoms with Crippen molar-refractivity contribution >= 4 is 5.97 Å². The third-order valence-electron chi connectivity index (χ3n) is 3.45. The molecule has 0 fully saturated rings. The molecule has 2 aromatic rings. The molecule has 2 N–H and O–H groups in total. The van der Waals surface area contributed by atoms with Crippen molar-refractivity contribution in [1.82, 2.24) is 15.1 Å². The van der Waals surface area contributed by atoms with Crippen LogP contribution < -0.4 is 9.47 Å². The minimum Gasteiger partial charge on any atom is -0.486 e. The van der Waals surface area contributed by atoms with Gasteiger partial charge >= 0.3 is 5.97 Å². The molecule has 7 heteroatoms. The fraction of sp³-hybridized carbons (Fsp3) is 0.333. The van der Waals surface area contributed by atoms with Crippen LogP contribution in [0.1, 0.15) is 16.1 Å². The first-order valence-electron chi connectivity index (χ1n) is 6.96. The van der Waals surface area contributed by atoms with E-state index in [1.165, 1.54) is 6.20 Å². The van der Waals surface area contributed by atoms with Gasteiger partial charge in [0.1, 0.15) is 18.4 Å². The first-order valence-corrected chi connectivity index (χ1v) is 6.96. The Morgan fingerprint density at radius 1 is 1.45 bits per heavy atom. The van der Waals surface area contributed by atoms with Crippen molar-refractivity contribution in [2.45, 2.75) is 12.6 Å². The summed E-state index contributed by atoms with van der Waals surface area (Å²) in [6.45, 7) is 1.57. The van der Waals surface area contributed by atoms with E-state index in [-0.39, 0.29) is 11.8 Å². The number of carbonyl (C=O) groups is 1. The zero-order valence-electron chi connectivity index (χ0n) is 12.2. The second kappa shape index (κ2) is 6.07. The van der Waals surface area contributed by atoms with Gasteiger partial charge in [-0.05, 0) is 19.2 Å². The number of aromatic nitrogens is 2. The highest BCUT2D eigenvalue weighted by atomic mass is 16.6. The molecule has 2 heterocycles. The second-order valence-corrected chi connectivity index (χ2v) is 5.27. The van der Waals surface area contributed by atoms with Crippen molar-refractivity contribution in [1.29, 1.82) is 0 Å². The number of H-pyrrole nitrogens is 1. The van der Waals surface area contributed by atoms with Gasteiger partial charge in [0.25, 0.3) is 0 Å². The number of carboxylic acids is 1. The van der Waals surface area contributed by atoms with Crippen LogP contribution in [-0.4, -0.2) is 52.5 Å². The highest BCUT2D eigenvalue weighted by molar-refractivity contribution is 5.86. The van der Waals surface area contributed by atoms with Crippen molar-refractivity contribution in [3.8, 4) is 11.5 Å². The smallest absolute Gasteiger partial charge is 0.354 e. The average Bonchev–Trinajstić information content (AvgIpc) is 2.95. The van der Waals surface area contributed by atoms with Crippen LogP contribution in [0.4, 0.5) is 0 Å². The zero-order valence-corrected chi connectivity index (χ0v) is 12.2. The van der Waals surface area contributed by atoms with Crippen LogP contribution in [-0.2, 0) is 6.54 Å². The third kappa shape index (κ3) is 3.04. The Kier molecular flexibility index (Phi) is 3.97. The van der Waals surface area contributed by atoms with Gasteiger partial charge in [0.2, 0.25) is 0 Å². The van der Waals surface area contributed by atoms with E-state index >= 15 is 0 Å². The second-order valence-electron chi connectivity index (χ2n) is 5.27. The number of hydrogen-bond donors (Lipinski definition) is 2. The van der Waals surface area contributed by atoms with Crippen molar-refractivity contribution in [2.24, 2.45) is 0 Å². The SMILES string of the molecule is CN(Cc1cn[nH]c1C(=O)O)C[C@@H]1COc2ccccc2O1. The Balaban J connectivity index is 1.60. The first kappa shape index (κ1) is 14.4. The predicted octanol–water partition coefficient (Wildman–Crippen LogP) is 1.38. The van der Waals surface area contributed by atoms with Crippen LogP contribution in [0.2, 0.25) is 0 Å². The quantitative estimate of drug-likeness (QED) is 0.867. The molecule has 1 aromatic heterocycles. The van der Waals surface area contributed by atoms with Crippen molar-refractivity contribution in [3.63, 3.8) is 0 Å². The Labute approximate surface area is 127 Å². The average molecular weight is 303 g/mol. The van der Waals surface area contributed by atoms with Crippen LogP contribution in [0.15, 0.2) is 30.5 Å². The van der Waals surface area contributed by atoms with Gasteiger partial charge in [-0.15, -0.1) is 0 Å². The Morgan fingerprint density at radius 2 is 2.23 bits per heavy atom. The molecule has 0 amide bonds. The van der Waals surface area contributed by atoms with E-state index in [1.54, 1.807) is 0 Å². The summed E-state index contributed by atoms with van der Waals surface area (Å²) in [5, 5.41) is 15.3. The summed E-state index contributed by atoms with van der Waals surface area (Å²) in [4.78, 5) is 13.0. The molecule has 0 saturated carbocycles. The molecule has 0 spiro atoms. The third-order valence-corrected chi connectivity index (χ3v) is 3.45. The van der Waals surface area contributed by atoms with Gasteiger partial charge in [-0.25, -0.2) is 4.79 Å². The number of hydrogen-bond acceptors (Lipinski definition) is 5. The zero-order chi connectivity index (χ0) is 15.5. The highest BCUT2D eigenvalue weighted by Crippen LogP contribution is 2.31. The maximum Gasteiger partial charge on any atom is 0.354 e. The molecule has 1 aromatic carbocycles. The van der Waals surface area contributed by atoms with Crippen LogP contribution in [0.3, 0.4) is 0 Å². The van der Waals surface area contributed by atoms with E-state index in [9.17, 15) is 4.79 Å². The molecular formula is C15H17N3O4. The molecule has 7 nitrogen and oxygen atoms in total. The molecule has 0 radical (unpaired) electrons. The number of ether oxygens (including phenoxy) is 2. The van der Waals surface area contributed by atoms with E-state index in [0.29, 0.717) is 25.3 Å². The van der Waals surface area contributed by atoms with Gasteiger partial charge in [-0.3, -0.25) is 10.00 Å². The number of likely N-dealkylation sites (N-methyl/N-ethyl adjacent to an activating group) is 1. The molecule has 0 saturated heterocycles. The van der Waals surface area contributed by atoms with Gasteiger partial charge < -0.3 is 14.6 Å². The monoisotopic (exact) mass is 303 g/mol. The summed E-state index contributed by atoms with van der Waals surface area (Å²) in [6, 6.07) is 7.56. The Morgan fingerprint density at radius 3 is 3.00 bits per heavy atom. The number of fused-ring (bicyclic) bond motifs is 1. The molecule has 0 aliphatic carbocycles. The van der Waals surface area contributed by atoms with Crippen molar-refractivity contribution in [2.75, 3.05) is 20.2 Å². The summed E-state index contributed by atoms with van der Waals surface area (Å²) in [5.74, 6) is 0.484.